The van der Waals surface area contributed by atoms with Gasteiger partial charge >= 0.3 is 0 Å². The number of carbonyl (C=O) groups excluding carboxylic acids is 1. The first-order chi connectivity index (χ1) is 15.7. The number of sulfone groups is 1. The molecule has 1 aliphatic rings. The molecule has 1 aromatic heterocycles. The molecule has 7 nitrogen and oxygen atoms in total. The van der Waals surface area contributed by atoms with Gasteiger partial charge in [0.1, 0.15) is 11.6 Å². The highest BCUT2D eigenvalue weighted by Gasteiger charge is 2.28. The summed E-state index contributed by atoms with van der Waals surface area (Å²) in [5.41, 5.74) is 3.15. The normalized spacial score (nSPS) is 13.1. The largest absolute Gasteiger partial charge is 0.493 e. The first-order valence-electron chi connectivity index (χ1n) is 10.8. The molecule has 0 bridgehead atoms. The van der Waals surface area contributed by atoms with Crippen LogP contribution in [0.4, 0.5) is 4.39 Å². The summed E-state index contributed by atoms with van der Waals surface area (Å²) in [5.74, 6) is -0.000278. The minimum Gasteiger partial charge on any atom is -0.493 e. The molecule has 0 N–H and O–H groups in total. The SMILES string of the molecule is CN(CCCOc1cccc(S(C)(=O)=O)c1)C(=O)c1nn(-c2ccc(F)cc2)c2c1CCC2. The van der Waals surface area contributed by atoms with Crippen molar-refractivity contribution in [2.24, 2.45) is 0 Å². The molecule has 0 saturated heterocycles. The molecule has 33 heavy (non-hydrogen) atoms. The molecule has 0 atom stereocenters. The van der Waals surface area contributed by atoms with Crippen molar-refractivity contribution in [1.29, 1.82) is 0 Å². The Hall–Kier alpha value is -3.20. The molecule has 3 aromatic rings. The number of nitrogens with zero attached hydrogens (tertiary/aromatic N) is 3. The molecule has 4 rings (SSSR count). The predicted molar refractivity (Wildman–Crippen MR) is 122 cm³/mol. The van der Waals surface area contributed by atoms with Crippen molar-refractivity contribution < 1.29 is 22.3 Å². The third-order valence-corrected chi connectivity index (χ3v) is 6.80. The number of aromatic nitrogens is 2. The summed E-state index contributed by atoms with van der Waals surface area (Å²) in [4.78, 5) is 14.9. The monoisotopic (exact) mass is 471 g/mol. The van der Waals surface area contributed by atoms with Crippen LogP contribution in [0.3, 0.4) is 0 Å². The van der Waals surface area contributed by atoms with Crippen LogP contribution >= 0.6 is 0 Å². The maximum Gasteiger partial charge on any atom is 0.274 e. The average molecular weight is 472 g/mol. The number of carbonyl (C=O) groups is 1. The Labute approximate surface area is 192 Å². The zero-order chi connectivity index (χ0) is 23.6. The maximum atomic E-state index is 13.3. The van der Waals surface area contributed by atoms with Crippen LogP contribution < -0.4 is 4.74 Å². The van der Waals surface area contributed by atoms with Crippen molar-refractivity contribution in [1.82, 2.24) is 14.7 Å². The summed E-state index contributed by atoms with van der Waals surface area (Å²) in [6, 6.07) is 12.5. The van der Waals surface area contributed by atoms with Gasteiger partial charge in [0.05, 0.1) is 17.2 Å². The quantitative estimate of drug-likeness (QED) is 0.470. The lowest BCUT2D eigenvalue weighted by Gasteiger charge is -2.17. The lowest BCUT2D eigenvalue weighted by atomic mass is 10.2. The van der Waals surface area contributed by atoms with Gasteiger partial charge in [-0.3, -0.25) is 4.79 Å². The predicted octanol–water partition coefficient (Wildman–Crippen LogP) is 3.44. The van der Waals surface area contributed by atoms with Gasteiger partial charge in [-0.1, -0.05) is 6.07 Å². The van der Waals surface area contributed by atoms with E-state index in [-0.39, 0.29) is 16.6 Å². The van der Waals surface area contributed by atoms with E-state index in [0.29, 0.717) is 31.0 Å². The van der Waals surface area contributed by atoms with Gasteiger partial charge in [0.2, 0.25) is 0 Å². The number of halogens is 1. The van der Waals surface area contributed by atoms with Crippen molar-refractivity contribution >= 4 is 15.7 Å². The minimum absolute atomic E-state index is 0.159. The zero-order valence-corrected chi connectivity index (χ0v) is 19.4. The number of hydrogen-bond donors (Lipinski definition) is 0. The van der Waals surface area contributed by atoms with Gasteiger partial charge in [-0.05, 0) is 68.1 Å². The number of rotatable bonds is 8. The molecule has 0 radical (unpaired) electrons. The Morgan fingerprint density at radius 3 is 2.67 bits per heavy atom. The Balaban J connectivity index is 1.39. The third kappa shape index (κ3) is 5.08. The van der Waals surface area contributed by atoms with E-state index in [1.54, 1.807) is 40.9 Å². The Morgan fingerprint density at radius 2 is 1.94 bits per heavy atom. The van der Waals surface area contributed by atoms with E-state index in [9.17, 15) is 17.6 Å². The first-order valence-corrected chi connectivity index (χ1v) is 12.7. The molecule has 0 unspecified atom stereocenters. The van der Waals surface area contributed by atoms with Crippen LogP contribution in [0.15, 0.2) is 53.4 Å². The van der Waals surface area contributed by atoms with E-state index < -0.39 is 9.84 Å². The molecule has 0 aliphatic heterocycles. The van der Waals surface area contributed by atoms with Crippen molar-refractivity contribution in [2.45, 2.75) is 30.6 Å². The number of ether oxygens (including phenoxy) is 1. The first kappa shape index (κ1) is 23.0. The maximum absolute atomic E-state index is 13.3. The molecule has 0 spiro atoms. The van der Waals surface area contributed by atoms with Crippen molar-refractivity contribution in [3.05, 3.63) is 71.3 Å². The zero-order valence-electron chi connectivity index (χ0n) is 18.6. The van der Waals surface area contributed by atoms with Crippen LogP contribution in [0.1, 0.15) is 34.6 Å². The highest BCUT2D eigenvalue weighted by atomic mass is 32.2. The highest BCUT2D eigenvalue weighted by molar-refractivity contribution is 7.90. The fourth-order valence-electron chi connectivity index (χ4n) is 3.97. The smallest absolute Gasteiger partial charge is 0.274 e. The van der Waals surface area contributed by atoms with Gasteiger partial charge in [0.15, 0.2) is 15.5 Å². The number of benzene rings is 2. The molecule has 0 fully saturated rings. The van der Waals surface area contributed by atoms with Gasteiger partial charge in [0, 0.05) is 31.1 Å². The average Bonchev–Trinajstić information content (AvgIpc) is 3.39. The number of hydrogen-bond acceptors (Lipinski definition) is 5. The van der Waals surface area contributed by atoms with Crippen LogP contribution in [0, 0.1) is 5.82 Å². The summed E-state index contributed by atoms with van der Waals surface area (Å²) in [6.45, 7) is 0.801. The summed E-state index contributed by atoms with van der Waals surface area (Å²) >= 11 is 0. The third-order valence-electron chi connectivity index (χ3n) is 5.69. The van der Waals surface area contributed by atoms with Gasteiger partial charge in [0.25, 0.3) is 5.91 Å². The lowest BCUT2D eigenvalue weighted by molar-refractivity contribution is 0.0780. The lowest BCUT2D eigenvalue weighted by Crippen LogP contribution is -2.29. The summed E-state index contributed by atoms with van der Waals surface area (Å²) in [7, 11) is -1.57. The molecule has 1 amide bonds. The molecular weight excluding hydrogens is 445 g/mol. The highest BCUT2D eigenvalue weighted by Crippen LogP contribution is 2.28. The van der Waals surface area contributed by atoms with Crippen molar-refractivity contribution in [2.75, 3.05) is 26.5 Å². The second-order valence-corrected chi connectivity index (χ2v) is 10.2. The van der Waals surface area contributed by atoms with E-state index in [1.807, 2.05) is 0 Å². The van der Waals surface area contributed by atoms with Crippen LogP contribution in [0.2, 0.25) is 0 Å². The molecule has 2 aromatic carbocycles. The molecule has 0 saturated carbocycles. The van der Waals surface area contributed by atoms with Gasteiger partial charge < -0.3 is 9.64 Å². The van der Waals surface area contributed by atoms with E-state index in [4.69, 9.17) is 4.74 Å². The summed E-state index contributed by atoms with van der Waals surface area (Å²) in [5, 5.41) is 4.58. The minimum atomic E-state index is -3.30. The van der Waals surface area contributed by atoms with Crippen LogP contribution in [0.25, 0.3) is 5.69 Å². The van der Waals surface area contributed by atoms with Crippen molar-refractivity contribution in [3.8, 4) is 11.4 Å². The summed E-state index contributed by atoms with van der Waals surface area (Å²) in [6.07, 6.45) is 4.31. The van der Waals surface area contributed by atoms with Crippen molar-refractivity contribution in [3.63, 3.8) is 0 Å². The standard InChI is InChI=1S/C24H26FN3O4S/c1-27(14-5-15-32-19-6-3-7-20(16-19)33(2,30)31)24(29)23-21-8-4-9-22(21)28(26-23)18-12-10-17(25)11-13-18/h3,6-7,10-13,16H,4-5,8-9,14-15H2,1-2H3. The fourth-order valence-corrected chi connectivity index (χ4v) is 4.63. The topological polar surface area (TPSA) is 81.5 Å². The molecule has 1 heterocycles. The van der Waals surface area contributed by atoms with E-state index in [2.05, 4.69) is 5.10 Å². The molecule has 1 aliphatic carbocycles. The Kier molecular flexibility index (Phi) is 6.51. The number of fused-ring (bicyclic) bond motifs is 1. The van der Waals surface area contributed by atoms with E-state index in [1.165, 1.54) is 24.3 Å². The van der Waals surface area contributed by atoms with Crippen LogP contribution in [-0.4, -0.2) is 55.5 Å². The van der Waals surface area contributed by atoms with Crippen LogP contribution in [0.5, 0.6) is 5.75 Å². The van der Waals surface area contributed by atoms with E-state index in [0.717, 1.165) is 42.5 Å². The molecule has 174 valence electrons. The van der Waals surface area contributed by atoms with Gasteiger partial charge in [-0.25, -0.2) is 17.5 Å². The summed E-state index contributed by atoms with van der Waals surface area (Å²) < 4.78 is 44.1. The van der Waals surface area contributed by atoms with Gasteiger partial charge in [-0.2, -0.15) is 5.10 Å². The number of amides is 1. The fraction of sp³-hybridized carbons (Fsp3) is 0.333. The molecule has 9 heteroatoms. The van der Waals surface area contributed by atoms with Gasteiger partial charge in [-0.15, -0.1) is 0 Å². The second-order valence-electron chi connectivity index (χ2n) is 8.19. The Bertz CT molecular complexity index is 1270. The Morgan fingerprint density at radius 1 is 1.18 bits per heavy atom. The van der Waals surface area contributed by atoms with E-state index >= 15 is 0 Å². The second kappa shape index (κ2) is 9.35. The molecular formula is C24H26FN3O4S. The van der Waals surface area contributed by atoms with Crippen LogP contribution in [-0.2, 0) is 22.7 Å².